The Labute approximate surface area is 151 Å². The van der Waals surface area contributed by atoms with Gasteiger partial charge < -0.3 is 15.5 Å². The summed E-state index contributed by atoms with van der Waals surface area (Å²) in [6.07, 6.45) is 5.73. The Morgan fingerprint density at radius 3 is 2.80 bits per heavy atom. The standard InChI is InChI=1S/C20H33FN4/c1-17-8-7-15-25(16-17)14-6-5-12-23-20(22-2)24-13-11-18-9-3-4-10-19(18)21/h3-4,9-10,17H,5-8,11-16H2,1-2H3,(H2,22,23,24). The third-order valence-corrected chi connectivity index (χ3v) is 4.80. The number of likely N-dealkylation sites (tertiary alicyclic amines) is 1. The van der Waals surface area contributed by atoms with E-state index < -0.39 is 0 Å². The van der Waals surface area contributed by atoms with Gasteiger partial charge in [-0.05, 0) is 62.7 Å². The summed E-state index contributed by atoms with van der Waals surface area (Å²) < 4.78 is 13.6. The van der Waals surface area contributed by atoms with Crippen molar-refractivity contribution >= 4 is 5.96 Å². The zero-order chi connectivity index (χ0) is 17.9. The van der Waals surface area contributed by atoms with Crippen LogP contribution in [0.25, 0.3) is 0 Å². The minimum absolute atomic E-state index is 0.140. The van der Waals surface area contributed by atoms with Crippen molar-refractivity contribution in [2.75, 3.05) is 39.8 Å². The zero-order valence-electron chi connectivity index (χ0n) is 15.7. The number of halogens is 1. The van der Waals surface area contributed by atoms with Gasteiger partial charge in [-0.1, -0.05) is 25.1 Å². The predicted molar refractivity (Wildman–Crippen MR) is 104 cm³/mol. The monoisotopic (exact) mass is 348 g/mol. The highest BCUT2D eigenvalue weighted by molar-refractivity contribution is 5.79. The van der Waals surface area contributed by atoms with Crippen LogP contribution in [-0.4, -0.2) is 50.6 Å². The fourth-order valence-corrected chi connectivity index (χ4v) is 3.39. The number of piperidine rings is 1. The van der Waals surface area contributed by atoms with Crippen LogP contribution in [0.2, 0.25) is 0 Å². The van der Waals surface area contributed by atoms with Gasteiger partial charge in [0.2, 0.25) is 0 Å². The summed E-state index contributed by atoms with van der Waals surface area (Å²) in [6.45, 7) is 7.66. The molecule has 0 spiro atoms. The molecule has 1 fully saturated rings. The molecular weight excluding hydrogens is 315 g/mol. The van der Waals surface area contributed by atoms with Crippen molar-refractivity contribution in [1.29, 1.82) is 0 Å². The topological polar surface area (TPSA) is 39.7 Å². The molecule has 1 aliphatic heterocycles. The van der Waals surface area contributed by atoms with Crippen molar-refractivity contribution in [3.05, 3.63) is 35.6 Å². The number of hydrogen-bond acceptors (Lipinski definition) is 2. The van der Waals surface area contributed by atoms with Crippen LogP contribution in [0.3, 0.4) is 0 Å². The Hall–Kier alpha value is -1.62. The zero-order valence-corrected chi connectivity index (χ0v) is 15.7. The summed E-state index contributed by atoms with van der Waals surface area (Å²) in [5.74, 6) is 1.51. The van der Waals surface area contributed by atoms with Crippen LogP contribution in [-0.2, 0) is 6.42 Å². The van der Waals surface area contributed by atoms with Crippen molar-refractivity contribution < 1.29 is 4.39 Å². The smallest absolute Gasteiger partial charge is 0.190 e. The number of rotatable bonds is 8. The Kier molecular flexibility index (Phi) is 8.73. The van der Waals surface area contributed by atoms with Crippen molar-refractivity contribution in [3.63, 3.8) is 0 Å². The number of unbranched alkanes of at least 4 members (excludes halogenated alkanes) is 1. The van der Waals surface area contributed by atoms with Crippen LogP contribution in [0.5, 0.6) is 0 Å². The molecular formula is C20H33FN4. The first kappa shape index (κ1) is 19.7. The van der Waals surface area contributed by atoms with Crippen molar-refractivity contribution in [1.82, 2.24) is 15.5 Å². The number of nitrogens with zero attached hydrogens (tertiary/aromatic N) is 2. The Morgan fingerprint density at radius 2 is 2.04 bits per heavy atom. The molecule has 1 saturated heterocycles. The Bertz CT molecular complexity index is 532. The average Bonchev–Trinajstić information content (AvgIpc) is 2.61. The summed E-state index contributed by atoms with van der Waals surface area (Å²) in [6, 6.07) is 6.92. The SMILES string of the molecule is CN=C(NCCCCN1CCCC(C)C1)NCCc1ccccc1F. The van der Waals surface area contributed by atoms with Gasteiger partial charge in [0.15, 0.2) is 5.96 Å². The van der Waals surface area contributed by atoms with Crippen LogP contribution < -0.4 is 10.6 Å². The van der Waals surface area contributed by atoms with Gasteiger partial charge in [-0.25, -0.2) is 4.39 Å². The van der Waals surface area contributed by atoms with Gasteiger partial charge in [0.1, 0.15) is 5.82 Å². The van der Waals surface area contributed by atoms with Gasteiger partial charge in [-0.2, -0.15) is 0 Å². The molecule has 0 bridgehead atoms. The van der Waals surface area contributed by atoms with E-state index >= 15 is 0 Å². The van der Waals surface area contributed by atoms with E-state index in [4.69, 9.17) is 0 Å². The first-order valence-electron chi connectivity index (χ1n) is 9.59. The van der Waals surface area contributed by atoms with Gasteiger partial charge in [0.05, 0.1) is 0 Å². The van der Waals surface area contributed by atoms with E-state index in [1.807, 2.05) is 12.1 Å². The molecule has 1 unspecified atom stereocenters. The lowest BCUT2D eigenvalue weighted by Crippen LogP contribution is -2.39. The summed E-state index contributed by atoms with van der Waals surface area (Å²) in [7, 11) is 1.77. The van der Waals surface area contributed by atoms with E-state index in [-0.39, 0.29) is 5.82 Å². The molecule has 25 heavy (non-hydrogen) atoms. The first-order chi connectivity index (χ1) is 12.2. The Balaban J connectivity index is 1.55. The Morgan fingerprint density at radius 1 is 1.24 bits per heavy atom. The summed E-state index contributed by atoms with van der Waals surface area (Å²) in [5, 5.41) is 6.60. The van der Waals surface area contributed by atoms with E-state index in [1.54, 1.807) is 13.1 Å². The van der Waals surface area contributed by atoms with Crippen molar-refractivity contribution in [2.24, 2.45) is 10.9 Å². The largest absolute Gasteiger partial charge is 0.356 e. The third kappa shape index (κ3) is 7.43. The number of aliphatic imine (C=N–C) groups is 1. The molecule has 2 rings (SSSR count). The molecule has 0 aromatic heterocycles. The first-order valence-corrected chi connectivity index (χ1v) is 9.59. The number of guanidine groups is 1. The van der Waals surface area contributed by atoms with Gasteiger partial charge in [-0.15, -0.1) is 0 Å². The van der Waals surface area contributed by atoms with Crippen LogP contribution >= 0.6 is 0 Å². The summed E-state index contributed by atoms with van der Waals surface area (Å²) in [5.41, 5.74) is 0.737. The van der Waals surface area contributed by atoms with Crippen molar-refractivity contribution in [3.8, 4) is 0 Å². The lowest BCUT2D eigenvalue weighted by molar-refractivity contribution is 0.181. The van der Waals surface area contributed by atoms with E-state index in [2.05, 4.69) is 27.4 Å². The minimum atomic E-state index is -0.140. The second kappa shape index (κ2) is 11.1. The second-order valence-corrected chi connectivity index (χ2v) is 7.02. The maximum Gasteiger partial charge on any atom is 0.190 e. The van der Waals surface area contributed by atoms with E-state index in [9.17, 15) is 4.39 Å². The van der Waals surface area contributed by atoms with E-state index in [0.29, 0.717) is 13.0 Å². The molecule has 1 aromatic carbocycles. The fraction of sp³-hybridized carbons (Fsp3) is 0.650. The average molecular weight is 349 g/mol. The molecule has 5 heteroatoms. The summed E-state index contributed by atoms with van der Waals surface area (Å²) in [4.78, 5) is 6.82. The molecule has 0 radical (unpaired) electrons. The normalized spacial score (nSPS) is 19.0. The molecule has 1 heterocycles. The maximum atomic E-state index is 13.6. The lowest BCUT2D eigenvalue weighted by Gasteiger charge is -2.30. The number of nitrogens with one attached hydrogen (secondary N) is 2. The molecule has 1 aliphatic rings. The van der Waals surface area contributed by atoms with Gasteiger partial charge >= 0.3 is 0 Å². The van der Waals surface area contributed by atoms with Crippen LogP contribution in [0.15, 0.2) is 29.3 Å². The van der Waals surface area contributed by atoms with Crippen LogP contribution in [0.4, 0.5) is 4.39 Å². The van der Waals surface area contributed by atoms with Crippen molar-refractivity contribution in [2.45, 2.75) is 39.0 Å². The summed E-state index contributed by atoms with van der Waals surface area (Å²) >= 11 is 0. The fourth-order valence-electron chi connectivity index (χ4n) is 3.39. The number of hydrogen-bond donors (Lipinski definition) is 2. The molecule has 4 nitrogen and oxygen atoms in total. The number of benzene rings is 1. The van der Waals surface area contributed by atoms with Gasteiger partial charge in [0.25, 0.3) is 0 Å². The molecule has 0 aliphatic carbocycles. The molecule has 1 aromatic rings. The van der Waals surface area contributed by atoms with Crippen LogP contribution in [0.1, 0.15) is 38.2 Å². The highest BCUT2D eigenvalue weighted by Crippen LogP contribution is 2.15. The highest BCUT2D eigenvalue weighted by atomic mass is 19.1. The molecule has 2 N–H and O–H groups in total. The molecule has 1 atom stereocenters. The van der Waals surface area contributed by atoms with Crippen LogP contribution in [0, 0.1) is 11.7 Å². The lowest BCUT2D eigenvalue weighted by atomic mass is 10.0. The quantitative estimate of drug-likeness (QED) is 0.431. The molecule has 0 saturated carbocycles. The second-order valence-electron chi connectivity index (χ2n) is 7.02. The van der Waals surface area contributed by atoms with Gasteiger partial charge in [-0.3, -0.25) is 4.99 Å². The molecule has 0 amide bonds. The van der Waals surface area contributed by atoms with E-state index in [0.717, 1.165) is 30.4 Å². The van der Waals surface area contributed by atoms with E-state index in [1.165, 1.54) is 45.0 Å². The highest BCUT2D eigenvalue weighted by Gasteiger charge is 2.15. The molecule has 140 valence electrons. The third-order valence-electron chi connectivity index (χ3n) is 4.80. The predicted octanol–water partition coefficient (Wildman–Crippen LogP) is 3.05. The maximum absolute atomic E-state index is 13.6. The van der Waals surface area contributed by atoms with Gasteiger partial charge in [0, 0.05) is 26.7 Å². The minimum Gasteiger partial charge on any atom is -0.356 e.